The van der Waals surface area contributed by atoms with E-state index in [9.17, 15) is 0 Å². The lowest BCUT2D eigenvalue weighted by atomic mass is 9.83. The molecule has 2 nitrogen and oxygen atoms in total. The highest BCUT2D eigenvalue weighted by Gasteiger charge is 2.38. The molecule has 1 saturated carbocycles. The minimum absolute atomic E-state index is 0.0251. The first-order valence-corrected chi connectivity index (χ1v) is 8.10. The van der Waals surface area contributed by atoms with Crippen molar-refractivity contribution >= 4 is 0 Å². The summed E-state index contributed by atoms with van der Waals surface area (Å²) in [5, 5.41) is 3.71. The van der Waals surface area contributed by atoms with Gasteiger partial charge in [-0.1, -0.05) is 32.6 Å². The van der Waals surface area contributed by atoms with E-state index in [0.717, 1.165) is 32.4 Å². The lowest BCUT2D eigenvalue weighted by Crippen LogP contribution is -2.52. The second-order valence-electron chi connectivity index (χ2n) is 5.66. The van der Waals surface area contributed by atoms with Gasteiger partial charge in [0, 0.05) is 19.1 Å². The minimum Gasteiger partial charge on any atom is -0.374 e. The summed E-state index contributed by atoms with van der Waals surface area (Å²) in [6, 6.07) is 0.418. The number of terminal acetylenes is 1. The van der Waals surface area contributed by atoms with Gasteiger partial charge in [0.15, 0.2) is 0 Å². The summed E-state index contributed by atoms with van der Waals surface area (Å²) in [6.07, 6.45) is 16.2. The van der Waals surface area contributed by atoms with Crippen LogP contribution in [0.5, 0.6) is 0 Å². The molecule has 0 aliphatic heterocycles. The molecule has 0 aromatic carbocycles. The monoisotopic (exact) mass is 265 g/mol. The van der Waals surface area contributed by atoms with Gasteiger partial charge in [-0.3, -0.25) is 0 Å². The molecule has 1 N–H and O–H groups in total. The molecule has 1 rings (SSSR count). The Kier molecular flexibility index (Phi) is 8.18. The Balaban J connectivity index is 2.77. The van der Waals surface area contributed by atoms with Gasteiger partial charge >= 0.3 is 0 Å². The quantitative estimate of drug-likeness (QED) is 0.531. The van der Waals surface area contributed by atoms with E-state index in [1.54, 1.807) is 0 Å². The summed E-state index contributed by atoms with van der Waals surface area (Å²) in [5.41, 5.74) is 0.0251. The Morgan fingerprint density at radius 1 is 1.21 bits per heavy atom. The van der Waals surface area contributed by atoms with E-state index >= 15 is 0 Å². The van der Waals surface area contributed by atoms with Crippen LogP contribution in [0.4, 0.5) is 0 Å². The molecule has 0 spiro atoms. The fourth-order valence-electron chi connectivity index (χ4n) is 3.31. The molecule has 19 heavy (non-hydrogen) atoms. The largest absolute Gasteiger partial charge is 0.374 e. The standard InChI is InChI=1S/C17H31NO/c1-4-7-12-16(18-15-5-2)17(19-6-3)13-10-8-9-11-14-17/h1,16,18H,5-15H2,2-3H3. The summed E-state index contributed by atoms with van der Waals surface area (Å²) in [5.74, 6) is 2.79. The second kappa shape index (κ2) is 9.39. The van der Waals surface area contributed by atoms with Crippen LogP contribution in [0.15, 0.2) is 0 Å². The van der Waals surface area contributed by atoms with Crippen molar-refractivity contribution in [3.05, 3.63) is 0 Å². The average Bonchev–Trinajstić information content (AvgIpc) is 2.66. The Bertz CT molecular complexity index is 261. The highest BCUT2D eigenvalue weighted by molar-refractivity contribution is 4.97. The number of rotatable bonds is 8. The minimum atomic E-state index is 0.0251. The van der Waals surface area contributed by atoms with Gasteiger partial charge in [-0.05, 0) is 39.2 Å². The second-order valence-corrected chi connectivity index (χ2v) is 5.66. The fourth-order valence-corrected chi connectivity index (χ4v) is 3.31. The zero-order chi connectivity index (χ0) is 14.0. The van der Waals surface area contributed by atoms with Crippen LogP contribution < -0.4 is 5.32 Å². The van der Waals surface area contributed by atoms with Gasteiger partial charge in [0.1, 0.15) is 0 Å². The van der Waals surface area contributed by atoms with E-state index in [1.165, 1.54) is 38.5 Å². The van der Waals surface area contributed by atoms with Gasteiger partial charge in [-0.15, -0.1) is 12.3 Å². The molecule has 0 bridgehead atoms. The highest BCUT2D eigenvalue weighted by atomic mass is 16.5. The van der Waals surface area contributed by atoms with Crippen LogP contribution in [0.2, 0.25) is 0 Å². The maximum Gasteiger partial charge on any atom is 0.0834 e. The summed E-state index contributed by atoms with van der Waals surface area (Å²) in [7, 11) is 0. The predicted molar refractivity (Wildman–Crippen MR) is 82.2 cm³/mol. The van der Waals surface area contributed by atoms with E-state index in [1.807, 2.05) is 0 Å². The van der Waals surface area contributed by atoms with Crippen LogP contribution in [0.3, 0.4) is 0 Å². The number of hydrogen-bond acceptors (Lipinski definition) is 2. The number of hydrogen-bond donors (Lipinski definition) is 1. The van der Waals surface area contributed by atoms with Crippen LogP contribution in [-0.2, 0) is 4.74 Å². The van der Waals surface area contributed by atoms with Gasteiger partial charge in [0.25, 0.3) is 0 Å². The molecule has 1 aliphatic rings. The molecule has 110 valence electrons. The van der Waals surface area contributed by atoms with Crippen molar-refractivity contribution in [1.29, 1.82) is 0 Å². The summed E-state index contributed by atoms with van der Waals surface area (Å²) in [6.45, 7) is 6.20. The Morgan fingerprint density at radius 3 is 2.42 bits per heavy atom. The zero-order valence-electron chi connectivity index (χ0n) is 12.8. The summed E-state index contributed by atoms with van der Waals surface area (Å²) in [4.78, 5) is 0. The predicted octanol–water partition coefficient (Wildman–Crippen LogP) is 3.90. The first-order valence-electron chi connectivity index (χ1n) is 8.10. The summed E-state index contributed by atoms with van der Waals surface area (Å²) < 4.78 is 6.28. The molecular formula is C17H31NO. The van der Waals surface area contributed by atoms with Gasteiger partial charge in [0.2, 0.25) is 0 Å². The van der Waals surface area contributed by atoms with Gasteiger partial charge in [-0.25, -0.2) is 0 Å². The molecule has 1 atom stereocenters. The normalized spacial score (nSPS) is 20.5. The molecule has 1 fully saturated rings. The van der Waals surface area contributed by atoms with Crippen molar-refractivity contribution in [3.63, 3.8) is 0 Å². The van der Waals surface area contributed by atoms with Gasteiger partial charge in [-0.2, -0.15) is 0 Å². The number of nitrogens with one attached hydrogen (secondary N) is 1. The van der Waals surface area contributed by atoms with Crippen LogP contribution in [0.1, 0.15) is 71.6 Å². The van der Waals surface area contributed by atoms with Crippen LogP contribution in [-0.4, -0.2) is 24.8 Å². The van der Waals surface area contributed by atoms with Crippen molar-refractivity contribution in [2.24, 2.45) is 0 Å². The molecule has 1 aliphatic carbocycles. The first-order chi connectivity index (χ1) is 9.29. The lowest BCUT2D eigenvalue weighted by Gasteiger charge is -2.41. The van der Waals surface area contributed by atoms with Crippen LogP contribution >= 0.6 is 0 Å². The first kappa shape index (κ1) is 16.5. The van der Waals surface area contributed by atoms with Crippen LogP contribution in [0, 0.1) is 12.3 Å². The van der Waals surface area contributed by atoms with E-state index in [4.69, 9.17) is 11.2 Å². The van der Waals surface area contributed by atoms with Crippen molar-refractivity contribution < 1.29 is 4.74 Å². The number of ether oxygens (including phenoxy) is 1. The third-order valence-corrected chi connectivity index (χ3v) is 4.23. The Labute approximate surface area is 119 Å². The van der Waals surface area contributed by atoms with E-state index in [0.29, 0.717) is 6.04 Å². The molecule has 2 heteroatoms. The molecule has 0 heterocycles. The van der Waals surface area contributed by atoms with E-state index in [-0.39, 0.29) is 5.60 Å². The topological polar surface area (TPSA) is 21.3 Å². The molecule has 1 unspecified atom stereocenters. The molecule has 0 aromatic heterocycles. The van der Waals surface area contributed by atoms with Crippen molar-refractivity contribution in [1.82, 2.24) is 5.32 Å². The molecule has 0 saturated heterocycles. The van der Waals surface area contributed by atoms with Crippen molar-refractivity contribution in [3.8, 4) is 12.3 Å². The average molecular weight is 265 g/mol. The summed E-state index contributed by atoms with van der Waals surface area (Å²) >= 11 is 0. The SMILES string of the molecule is C#CCCC(NCCC)C1(OCC)CCCCCC1. The third-order valence-electron chi connectivity index (χ3n) is 4.23. The maximum absolute atomic E-state index is 6.28. The lowest BCUT2D eigenvalue weighted by molar-refractivity contribution is -0.0782. The highest BCUT2D eigenvalue weighted by Crippen LogP contribution is 2.35. The van der Waals surface area contributed by atoms with Crippen molar-refractivity contribution in [2.75, 3.05) is 13.2 Å². The van der Waals surface area contributed by atoms with Crippen molar-refractivity contribution in [2.45, 2.75) is 83.3 Å². The molecule has 0 amide bonds. The van der Waals surface area contributed by atoms with E-state index in [2.05, 4.69) is 25.1 Å². The molecular weight excluding hydrogens is 234 g/mol. The van der Waals surface area contributed by atoms with Gasteiger partial charge < -0.3 is 10.1 Å². The fraction of sp³-hybridized carbons (Fsp3) is 0.882. The Morgan fingerprint density at radius 2 is 1.89 bits per heavy atom. The zero-order valence-corrected chi connectivity index (χ0v) is 12.8. The molecule has 0 aromatic rings. The van der Waals surface area contributed by atoms with Crippen LogP contribution in [0.25, 0.3) is 0 Å². The smallest absolute Gasteiger partial charge is 0.0834 e. The molecule has 0 radical (unpaired) electrons. The maximum atomic E-state index is 6.28. The van der Waals surface area contributed by atoms with Gasteiger partial charge in [0.05, 0.1) is 5.60 Å². The Hall–Kier alpha value is -0.520. The third kappa shape index (κ3) is 5.16. The van der Waals surface area contributed by atoms with E-state index < -0.39 is 0 Å².